The molecule has 100 heavy (non-hydrogen) atoms. The molecular weight excluding hydrogens is 1320 g/mol. The molecule has 4 aromatic rings. The van der Waals surface area contributed by atoms with E-state index < -0.39 is 201 Å². The summed E-state index contributed by atoms with van der Waals surface area (Å²) in [4.78, 5) is 109. The maximum atomic E-state index is 15.0. The maximum Gasteiger partial charge on any atom is 0.266 e. The molecule has 18 N–H and O–H groups in total. The van der Waals surface area contributed by atoms with E-state index in [4.69, 9.17) is 4.74 Å². The molecule has 1 saturated carbocycles. The van der Waals surface area contributed by atoms with Crippen molar-refractivity contribution >= 4 is 58.2 Å². The van der Waals surface area contributed by atoms with E-state index in [1.165, 1.54) is 30.7 Å². The van der Waals surface area contributed by atoms with Gasteiger partial charge in [-0.05, 0) is 104 Å². The number of phenolic OH excluding ortho intramolecular Hbond substituents is 1. The van der Waals surface area contributed by atoms with Crippen LogP contribution in [-0.4, -0.2) is 273 Å². The number of hydrogen-bond acceptors (Lipinski definition) is 24. The van der Waals surface area contributed by atoms with Crippen molar-refractivity contribution in [3.05, 3.63) is 114 Å². The predicted molar refractivity (Wildman–Crippen MR) is 363 cm³/mol. The van der Waals surface area contributed by atoms with Gasteiger partial charge in [-0.3, -0.25) is 52.1 Å². The Bertz CT molecular complexity index is 3450. The second-order valence-corrected chi connectivity index (χ2v) is 27.7. The average Bonchev–Trinajstić information content (AvgIpc) is 1.77. The number of aliphatic hydroxyl groups is 8. The van der Waals surface area contributed by atoms with Crippen molar-refractivity contribution in [1.82, 2.24) is 46.6 Å². The molecule has 0 bridgehead atoms. The first-order chi connectivity index (χ1) is 47.6. The fraction of sp³-hybridized carbons (Fsp3) is 0.544. The Morgan fingerprint density at radius 2 is 1.33 bits per heavy atom. The molecule has 5 aliphatic rings. The second kappa shape index (κ2) is 33.9. The number of anilines is 1. The van der Waals surface area contributed by atoms with E-state index in [-0.39, 0.29) is 29.8 Å². The zero-order valence-electron chi connectivity index (χ0n) is 55.9. The fourth-order valence-corrected chi connectivity index (χ4v) is 14.4. The summed E-state index contributed by atoms with van der Waals surface area (Å²) in [5.74, 6) is -10.4. The summed E-state index contributed by atoms with van der Waals surface area (Å²) in [6.07, 6.45) is -8.98. The highest BCUT2D eigenvalue weighted by atomic mass is 32.3. The minimum atomic E-state index is -4.74. The molecule has 4 aliphatic heterocycles. The van der Waals surface area contributed by atoms with Crippen molar-refractivity contribution in [2.45, 2.75) is 156 Å². The lowest BCUT2D eigenvalue weighted by molar-refractivity contribution is -0.147. The average molecular weight is 1420 g/mol. The van der Waals surface area contributed by atoms with Gasteiger partial charge in [-0.1, -0.05) is 67.6 Å². The van der Waals surface area contributed by atoms with Crippen LogP contribution in [0.3, 0.4) is 0 Å². The van der Waals surface area contributed by atoms with Crippen LogP contribution in [0, 0.1) is 5.92 Å². The number of aromatic hydroxyl groups is 1. The van der Waals surface area contributed by atoms with Crippen molar-refractivity contribution in [2.75, 3.05) is 77.6 Å². The summed E-state index contributed by atoms with van der Waals surface area (Å²) in [5, 5.41) is 114. The van der Waals surface area contributed by atoms with Crippen molar-refractivity contribution < 1.29 is 102 Å². The number of phenols is 1. The predicted octanol–water partition coefficient (Wildman–Crippen LogP) is -1.54. The smallest absolute Gasteiger partial charge is 0.266 e. The second-order valence-electron chi connectivity index (χ2n) is 26.6. The van der Waals surface area contributed by atoms with Gasteiger partial charge in [0.25, 0.3) is 17.1 Å². The number of benzene rings is 4. The summed E-state index contributed by atoms with van der Waals surface area (Å²) in [6, 6.07) is 16.0. The molecule has 5 fully saturated rings. The Labute approximate surface area is 580 Å². The van der Waals surface area contributed by atoms with E-state index in [9.17, 15) is 93.2 Å². The third-order valence-corrected chi connectivity index (χ3v) is 20.1. The van der Waals surface area contributed by atoms with Gasteiger partial charge < -0.3 is 101 Å². The van der Waals surface area contributed by atoms with Crippen LogP contribution in [0.4, 0.5) is 5.69 Å². The van der Waals surface area contributed by atoms with E-state index in [1.807, 2.05) is 30.3 Å². The Kier molecular flexibility index (Phi) is 25.9. The minimum absolute atomic E-state index is 0.0544. The topological polar surface area (TPSA) is 466 Å². The first kappa shape index (κ1) is 76.5. The van der Waals surface area contributed by atoms with Crippen molar-refractivity contribution in [1.29, 1.82) is 0 Å². The Morgan fingerprint density at radius 3 is 1.95 bits per heavy atom. The van der Waals surface area contributed by atoms with Gasteiger partial charge in [0.2, 0.25) is 35.4 Å². The number of fused-ring (bicyclic) bond motifs is 2. The number of aliphatic hydroxyl groups excluding tert-OH is 8. The molecule has 32 heteroatoms. The van der Waals surface area contributed by atoms with Crippen LogP contribution in [0.15, 0.2) is 97.1 Å². The van der Waals surface area contributed by atoms with Gasteiger partial charge in [0.1, 0.15) is 36.3 Å². The molecule has 0 aromatic heterocycles. The van der Waals surface area contributed by atoms with Gasteiger partial charge in [-0.15, -0.1) is 0 Å². The Hall–Kier alpha value is -7.64. The molecule has 9 rings (SSSR count). The van der Waals surface area contributed by atoms with Gasteiger partial charge >= 0.3 is 0 Å². The first-order valence-corrected chi connectivity index (χ1v) is 35.0. The molecule has 13 atom stereocenters. The summed E-state index contributed by atoms with van der Waals surface area (Å²) >= 11 is -4.74. The number of rotatable bonds is 20. The van der Waals surface area contributed by atoms with Crippen LogP contribution in [0.5, 0.6) is 11.5 Å². The monoisotopic (exact) mass is 1420 g/mol. The van der Waals surface area contributed by atoms with Crippen LogP contribution in [0.1, 0.15) is 80.3 Å². The van der Waals surface area contributed by atoms with E-state index in [0.29, 0.717) is 6.04 Å². The lowest BCUT2D eigenvalue weighted by atomic mass is 9.77. The molecule has 0 spiro atoms. The van der Waals surface area contributed by atoms with Crippen LogP contribution in [0.2, 0.25) is 0 Å². The lowest BCUT2D eigenvalue weighted by Crippen LogP contribution is -2.64. The van der Waals surface area contributed by atoms with E-state index in [0.717, 1.165) is 97.5 Å². The Morgan fingerprint density at radius 1 is 0.710 bits per heavy atom. The molecule has 7 amide bonds. The molecule has 0 unspecified atom stereocenters. The molecule has 4 aromatic carbocycles. The maximum absolute atomic E-state index is 15.0. The third-order valence-electron chi connectivity index (χ3n) is 19.7. The number of hydrogen-bond donors (Lipinski definition) is 18. The van der Waals surface area contributed by atoms with Crippen LogP contribution in [0.25, 0.3) is 11.1 Å². The molecule has 4 heterocycles. The number of carbonyl (C=O) groups excluding carboxylic acids is 7. The van der Waals surface area contributed by atoms with Crippen molar-refractivity contribution in [3.8, 4) is 22.6 Å². The number of ether oxygens (including phenoxy) is 1. The zero-order valence-corrected chi connectivity index (χ0v) is 56.7. The SMILES string of the molecule is COC1(c2ccccc2)CCC(N2CCN(c3ccc(-c4ccc(C(=O)N[C@H]5C[C@@H](O)CNC(=O)[C@@H]6[C@@H](O)[C@@H](C)CN6C(=O)[C@H]([C@H](O)CCNC(CO)CO)NC(=O)[C@H]([C@H](O)Cc6ccc(O)c(OS(O)(O)O)c6)NC(=O)[C@@H]6C[C@@H](O)CN6C(=O)[C@H]([C@@H](C)O)NC5=O)cc4)cc3)CC2)CC1. The third kappa shape index (κ3) is 18.7. The van der Waals surface area contributed by atoms with Gasteiger partial charge in [0, 0.05) is 95.4 Å². The molecule has 4 saturated heterocycles. The fourth-order valence-electron chi connectivity index (χ4n) is 14.0. The molecule has 0 radical (unpaired) electrons. The summed E-state index contributed by atoms with van der Waals surface area (Å²) in [7, 11) is 1.80. The number of nitrogens with one attached hydrogen (secondary N) is 6. The normalized spacial score (nSPS) is 28.4. The number of amides is 7. The van der Waals surface area contributed by atoms with E-state index in [1.54, 1.807) is 19.2 Å². The van der Waals surface area contributed by atoms with Crippen LogP contribution >= 0.6 is 11.2 Å². The van der Waals surface area contributed by atoms with Crippen molar-refractivity contribution in [2.24, 2.45) is 5.92 Å². The van der Waals surface area contributed by atoms with Crippen molar-refractivity contribution in [3.63, 3.8) is 0 Å². The number of carbonyl (C=O) groups is 7. The number of β-amino-alcohol motifs (C(OH)–C–C–N with tert-alkyl or cyclic N) is 1. The first-order valence-electron chi connectivity index (χ1n) is 33.6. The highest BCUT2D eigenvalue weighted by molar-refractivity contribution is 8.15. The summed E-state index contributed by atoms with van der Waals surface area (Å²) in [5.41, 5.74) is 3.61. The van der Waals surface area contributed by atoms with Gasteiger partial charge in [-0.25, -0.2) is 0 Å². The quantitative estimate of drug-likeness (QED) is 0.0477. The zero-order chi connectivity index (χ0) is 72.3. The Balaban J connectivity index is 0.948. The van der Waals surface area contributed by atoms with E-state index in [2.05, 4.69) is 70.1 Å². The standard InChI is InChI=1S/C68H94N10O21S/c1-38-34-78-59(60(38)87)65(92)70-33-48(82)31-50(71-61(88)43-12-10-41(11-13-43)42-14-16-46(17-15-42)75-25-27-76(28-26-75)47-19-22-68(98-3,23-20-47)44-7-5-4-6-8-44)62(89)72-56(39(2)81)66(93)77-35-49(83)32-51(77)63(90)73-57(54(86)29-40-9-18-52(84)55(30-40)99-100(95,96)97)64(91)74-58(67(78)94)53(85)21-24-69-45(36-79)37-80/h4-18,30,38-39,45,47-51,53-54,56-60,69,79-87,95-97H,19-29,31-37H2,1-3H3,(H,70,92)(H,71,88)(H,72,89)(H,73,90)(H,74,91)/t38-,39+,47?,48+,49+,50-,51-,53+,54+,56-,57-,58-,59-,60-,68?/m0/s1. The van der Waals surface area contributed by atoms with Crippen LogP contribution in [-0.2, 0) is 45.5 Å². The molecule has 31 nitrogen and oxygen atoms in total. The van der Waals surface area contributed by atoms with Gasteiger partial charge in [0.05, 0.1) is 61.5 Å². The molecular formula is C68H94N10O21S. The summed E-state index contributed by atoms with van der Waals surface area (Å²) in [6.45, 7) is 3.14. The molecule has 1 aliphatic carbocycles. The number of nitrogens with zero attached hydrogens (tertiary/aromatic N) is 4. The largest absolute Gasteiger partial charge is 0.504 e. The summed E-state index contributed by atoms with van der Waals surface area (Å²) < 4.78 is 39.6. The lowest BCUT2D eigenvalue weighted by Gasteiger charge is -2.46. The van der Waals surface area contributed by atoms with E-state index >= 15 is 0 Å². The highest BCUT2D eigenvalue weighted by Gasteiger charge is 2.50. The molecule has 548 valence electrons. The van der Waals surface area contributed by atoms with Gasteiger partial charge in [-0.2, -0.15) is 0 Å². The number of methoxy groups -OCH3 is 1. The van der Waals surface area contributed by atoms with Crippen LogP contribution < -0.4 is 41.0 Å². The highest BCUT2D eigenvalue weighted by Crippen LogP contribution is 2.43. The number of piperazine rings is 1. The minimum Gasteiger partial charge on any atom is -0.504 e. The van der Waals surface area contributed by atoms with Gasteiger partial charge in [0.15, 0.2) is 11.5 Å².